The van der Waals surface area contributed by atoms with Gasteiger partial charge in [-0.15, -0.1) is 0 Å². The smallest absolute Gasteiger partial charge is 0.275 e. The lowest BCUT2D eigenvalue weighted by molar-refractivity contribution is -0.135. The molecule has 1 fully saturated rings. The van der Waals surface area contributed by atoms with Crippen molar-refractivity contribution in [2.24, 2.45) is 5.92 Å². The van der Waals surface area contributed by atoms with Crippen LogP contribution in [0.15, 0.2) is 53.3 Å². The minimum atomic E-state index is -0.857. The molecule has 2 bridgehead atoms. The van der Waals surface area contributed by atoms with Crippen LogP contribution in [0.3, 0.4) is 0 Å². The first kappa shape index (κ1) is 27.0. The Morgan fingerprint density at radius 1 is 1.00 bits per heavy atom. The van der Waals surface area contributed by atoms with Crippen molar-refractivity contribution in [2.75, 3.05) is 44.0 Å². The Kier molecular flexibility index (Phi) is 6.18. The molecule has 0 radical (unpaired) electrons. The highest BCUT2D eigenvalue weighted by atomic mass is 16.8. The van der Waals surface area contributed by atoms with Gasteiger partial charge in [-0.2, -0.15) is 0 Å². The van der Waals surface area contributed by atoms with Gasteiger partial charge in [0.25, 0.3) is 17.4 Å². The van der Waals surface area contributed by atoms with E-state index in [0.29, 0.717) is 47.9 Å². The minimum absolute atomic E-state index is 0.0539. The van der Waals surface area contributed by atoms with E-state index in [2.05, 4.69) is 0 Å². The van der Waals surface area contributed by atoms with Crippen molar-refractivity contribution in [3.63, 3.8) is 0 Å². The zero-order valence-electron chi connectivity index (χ0n) is 23.4. The Labute approximate surface area is 245 Å². The summed E-state index contributed by atoms with van der Waals surface area (Å²) in [6, 6.07) is 13.2. The number of pyridine rings is 1. The fraction of sp³-hybridized carbons (Fsp3) is 0.333. The third-order valence-corrected chi connectivity index (χ3v) is 8.93. The van der Waals surface area contributed by atoms with Gasteiger partial charge in [0.2, 0.25) is 5.91 Å². The van der Waals surface area contributed by atoms with E-state index < -0.39 is 17.0 Å². The number of hydrogen-bond acceptors (Lipinski definition) is 9. The number of hydrogen-bond donors (Lipinski definition) is 1. The van der Waals surface area contributed by atoms with Gasteiger partial charge < -0.3 is 34.3 Å². The molecule has 222 valence electrons. The van der Waals surface area contributed by atoms with Crippen LogP contribution in [0.1, 0.15) is 50.5 Å². The highest BCUT2D eigenvalue weighted by Crippen LogP contribution is 2.49. The summed E-state index contributed by atoms with van der Waals surface area (Å²) in [7, 11) is 2.93. The average Bonchev–Trinajstić information content (AvgIpc) is 3.31. The summed E-state index contributed by atoms with van der Waals surface area (Å²) in [5.74, 6) is -0.575. The van der Waals surface area contributed by atoms with Gasteiger partial charge in [0.1, 0.15) is 18.4 Å². The van der Waals surface area contributed by atoms with Gasteiger partial charge in [0, 0.05) is 36.8 Å². The standard InChI is InChI=1S/C30H28N5O8/c1-42-23-10-7-19-25(26(23)43-2)30(39)34-21-6-4-3-5-18(21)28(37)33(27(19)34)15-24(36)31-12-16-11-17(14-31)20-8-9-22(35(40)41)29(38)32(20)13-16/h3-10,16-17,27,40H,11-15H2,1-2H3/q-1. The maximum atomic E-state index is 13.9. The van der Waals surface area contributed by atoms with Crippen molar-refractivity contribution in [2.45, 2.75) is 25.0 Å². The molecule has 3 atom stereocenters. The molecule has 5 heterocycles. The Bertz CT molecular complexity index is 1750. The predicted octanol–water partition coefficient (Wildman–Crippen LogP) is 2.32. The van der Waals surface area contributed by atoms with E-state index in [1.54, 1.807) is 47.4 Å². The number of fused-ring (bicyclic) bond motifs is 9. The molecule has 13 heteroatoms. The lowest BCUT2D eigenvalue weighted by Gasteiger charge is -2.45. The number of piperidine rings is 1. The molecule has 2 aromatic carbocycles. The molecule has 1 N–H and O–H groups in total. The van der Waals surface area contributed by atoms with E-state index in [4.69, 9.17) is 9.47 Å². The summed E-state index contributed by atoms with van der Waals surface area (Å²) in [5.41, 5.74) is 1.35. The monoisotopic (exact) mass is 586 g/mol. The Morgan fingerprint density at radius 3 is 2.53 bits per heavy atom. The fourth-order valence-electron chi connectivity index (χ4n) is 7.11. The Balaban J connectivity index is 1.22. The fourth-order valence-corrected chi connectivity index (χ4v) is 7.11. The van der Waals surface area contributed by atoms with E-state index in [1.807, 2.05) is 0 Å². The molecular weight excluding hydrogens is 558 g/mol. The number of methoxy groups -OCH3 is 2. The van der Waals surface area contributed by atoms with Crippen LogP contribution < -0.4 is 25.2 Å². The van der Waals surface area contributed by atoms with Crippen molar-refractivity contribution in [3.05, 3.63) is 86.5 Å². The van der Waals surface area contributed by atoms with Crippen LogP contribution in [0.25, 0.3) is 0 Å². The van der Waals surface area contributed by atoms with E-state index in [-0.39, 0.29) is 53.1 Å². The molecule has 0 spiro atoms. The van der Waals surface area contributed by atoms with Crippen LogP contribution in [0.2, 0.25) is 0 Å². The molecule has 3 unspecified atom stereocenters. The SMILES string of the molecule is COc1ccc2c(c1OC)C(=O)N1c3ccccc3C(=O)N(CC(=O)N3CC4CC(C3)c3ccc(N([O-])O)c(=O)n3C4)C21. The van der Waals surface area contributed by atoms with E-state index in [9.17, 15) is 29.6 Å². The van der Waals surface area contributed by atoms with Crippen LogP contribution in [0.5, 0.6) is 11.5 Å². The first-order chi connectivity index (χ1) is 20.7. The molecule has 3 aromatic rings. The molecule has 43 heavy (non-hydrogen) atoms. The molecule has 4 aliphatic rings. The number of carbonyl (C=O) groups is 3. The number of amides is 3. The van der Waals surface area contributed by atoms with Gasteiger partial charge in [-0.1, -0.05) is 18.2 Å². The number of aromatic nitrogens is 1. The van der Waals surface area contributed by atoms with Gasteiger partial charge >= 0.3 is 0 Å². The maximum absolute atomic E-state index is 13.9. The first-order valence-electron chi connectivity index (χ1n) is 13.9. The molecule has 4 aliphatic heterocycles. The van der Waals surface area contributed by atoms with Crippen LogP contribution in [0.4, 0.5) is 11.4 Å². The number of likely N-dealkylation sites (tertiary alicyclic amines) is 1. The molecular formula is C30H28N5O8-. The minimum Gasteiger partial charge on any atom is -0.733 e. The second kappa shape index (κ2) is 9.85. The summed E-state index contributed by atoms with van der Waals surface area (Å²) in [5, 5.41) is 20.3. The largest absolute Gasteiger partial charge is 0.733 e. The molecule has 3 amide bonds. The van der Waals surface area contributed by atoms with Crippen LogP contribution in [0, 0.1) is 11.1 Å². The summed E-state index contributed by atoms with van der Waals surface area (Å²) >= 11 is 0. The third kappa shape index (κ3) is 3.92. The second-order valence-electron chi connectivity index (χ2n) is 11.2. The van der Waals surface area contributed by atoms with Gasteiger partial charge in [-0.25, -0.2) is 0 Å². The molecule has 7 rings (SSSR count). The molecule has 1 saturated heterocycles. The molecule has 0 saturated carbocycles. The quantitative estimate of drug-likeness (QED) is 0.445. The number of para-hydroxylation sites is 1. The van der Waals surface area contributed by atoms with Crippen molar-refractivity contribution < 1.29 is 29.1 Å². The number of rotatable bonds is 5. The summed E-state index contributed by atoms with van der Waals surface area (Å²) in [6.45, 7) is 0.712. The van der Waals surface area contributed by atoms with Crippen LogP contribution >= 0.6 is 0 Å². The van der Waals surface area contributed by atoms with Crippen molar-refractivity contribution in [3.8, 4) is 11.5 Å². The number of nitrogens with zero attached hydrogens (tertiary/aromatic N) is 5. The lowest BCUT2D eigenvalue weighted by atomic mass is 9.83. The van der Waals surface area contributed by atoms with Gasteiger partial charge in [0.05, 0.1) is 31.0 Å². The van der Waals surface area contributed by atoms with Crippen molar-refractivity contribution >= 4 is 29.1 Å². The first-order valence-corrected chi connectivity index (χ1v) is 13.9. The summed E-state index contributed by atoms with van der Waals surface area (Å²) in [6.07, 6.45) is -0.0946. The average molecular weight is 587 g/mol. The van der Waals surface area contributed by atoms with E-state index in [1.165, 1.54) is 34.7 Å². The topological polar surface area (TPSA) is 148 Å². The Hall–Kier alpha value is -4.88. The van der Waals surface area contributed by atoms with Crippen LogP contribution in [-0.4, -0.2) is 71.1 Å². The predicted molar refractivity (Wildman–Crippen MR) is 152 cm³/mol. The van der Waals surface area contributed by atoms with Crippen molar-refractivity contribution in [1.29, 1.82) is 0 Å². The highest BCUT2D eigenvalue weighted by Gasteiger charge is 2.50. The summed E-state index contributed by atoms with van der Waals surface area (Å²) < 4.78 is 12.5. The number of anilines is 2. The highest BCUT2D eigenvalue weighted by molar-refractivity contribution is 6.18. The maximum Gasteiger partial charge on any atom is 0.275 e. The molecule has 0 aliphatic carbocycles. The van der Waals surface area contributed by atoms with Gasteiger partial charge in [0.15, 0.2) is 11.5 Å². The normalized spacial score (nSPS) is 21.6. The van der Waals surface area contributed by atoms with E-state index >= 15 is 0 Å². The lowest BCUT2D eigenvalue weighted by Crippen LogP contribution is -2.55. The third-order valence-electron chi connectivity index (χ3n) is 8.93. The second-order valence-corrected chi connectivity index (χ2v) is 11.2. The number of carbonyl (C=O) groups excluding carboxylic acids is 3. The zero-order chi connectivity index (χ0) is 30.2. The van der Waals surface area contributed by atoms with Gasteiger partial charge in [-0.3, -0.25) is 29.3 Å². The Morgan fingerprint density at radius 2 is 1.79 bits per heavy atom. The molecule has 13 nitrogen and oxygen atoms in total. The van der Waals surface area contributed by atoms with Crippen molar-refractivity contribution in [1.82, 2.24) is 14.4 Å². The van der Waals surface area contributed by atoms with E-state index in [0.717, 1.165) is 6.42 Å². The molecule has 1 aromatic heterocycles. The summed E-state index contributed by atoms with van der Waals surface area (Å²) in [4.78, 5) is 59.2. The number of benzene rings is 2. The number of ether oxygens (including phenoxy) is 2. The van der Waals surface area contributed by atoms with Gasteiger partial charge in [-0.05, 0) is 42.7 Å². The van der Waals surface area contributed by atoms with Crippen LogP contribution in [-0.2, 0) is 11.3 Å². The zero-order valence-corrected chi connectivity index (χ0v) is 23.4.